The molecule has 0 unspecified atom stereocenters. The first kappa shape index (κ1) is 21.5. The number of carboxylic acids is 1. The van der Waals surface area contributed by atoms with Crippen LogP contribution in [0.4, 0.5) is 0 Å². The molecule has 0 atom stereocenters. The van der Waals surface area contributed by atoms with Gasteiger partial charge in [0, 0.05) is 0 Å². The third kappa shape index (κ3) is 5.90. The molecule has 4 rings (SSSR count). The molecule has 4 nitrogen and oxygen atoms in total. The maximum absolute atomic E-state index is 11.2. The molecule has 0 saturated heterocycles. The molecule has 0 aromatic heterocycles. The van der Waals surface area contributed by atoms with Crippen molar-refractivity contribution in [1.82, 2.24) is 0 Å². The molecule has 0 saturated carbocycles. The Morgan fingerprint density at radius 2 is 0.903 bits per heavy atom. The van der Waals surface area contributed by atoms with Gasteiger partial charge in [-0.1, -0.05) is 84.9 Å². The van der Waals surface area contributed by atoms with Gasteiger partial charge in [-0.15, -0.1) is 0 Å². The van der Waals surface area contributed by atoms with Crippen molar-refractivity contribution >= 4 is 11.9 Å². The summed E-state index contributed by atoms with van der Waals surface area (Å²) in [7, 11) is 1.38. The SMILES string of the molecule is COC(=O)c1ccc(-c2ccccc2)cc1.O=C(O)c1ccc(-c2ccccc2)cc1. The van der Waals surface area contributed by atoms with Gasteiger partial charge in [0.2, 0.25) is 0 Å². The largest absolute Gasteiger partial charge is 0.478 e. The van der Waals surface area contributed by atoms with Crippen LogP contribution in [0.5, 0.6) is 0 Å². The first-order chi connectivity index (χ1) is 15.1. The third-order valence-corrected chi connectivity index (χ3v) is 4.65. The maximum atomic E-state index is 11.2. The van der Waals surface area contributed by atoms with Crippen LogP contribution < -0.4 is 0 Å². The highest BCUT2D eigenvalue weighted by molar-refractivity contribution is 5.90. The first-order valence-corrected chi connectivity index (χ1v) is 9.71. The Hall–Kier alpha value is -4.18. The van der Waals surface area contributed by atoms with Crippen LogP contribution in [0.15, 0.2) is 109 Å². The predicted octanol–water partition coefficient (Wildman–Crippen LogP) is 6.19. The summed E-state index contributed by atoms with van der Waals surface area (Å²) < 4.78 is 4.64. The molecule has 0 spiro atoms. The summed E-state index contributed by atoms with van der Waals surface area (Å²) >= 11 is 0. The number of carboxylic acid groups (broad SMARTS) is 1. The van der Waals surface area contributed by atoms with Crippen LogP contribution in [0.3, 0.4) is 0 Å². The Bertz CT molecular complexity index is 1120. The van der Waals surface area contributed by atoms with Crippen molar-refractivity contribution in [3.63, 3.8) is 0 Å². The van der Waals surface area contributed by atoms with E-state index in [1.807, 2.05) is 84.9 Å². The quantitative estimate of drug-likeness (QED) is 0.407. The van der Waals surface area contributed by atoms with Crippen LogP contribution in [-0.4, -0.2) is 24.2 Å². The summed E-state index contributed by atoms with van der Waals surface area (Å²) in [6.45, 7) is 0. The first-order valence-electron chi connectivity index (χ1n) is 9.71. The number of esters is 1. The van der Waals surface area contributed by atoms with E-state index in [9.17, 15) is 9.59 Å². The molecule has 0 radical (unpaired) electrons. The number of rotatable bonds is 4. The van der Waals surface area contributed by atoms with Gasteiger partial charge in [-0.25, -0.2) is 9.59 Å². The summed E-state index contributed by atoms with van der Waals surface area (Å²) in [4.78, 5) is 21.9. The van der Waals surface area contributed by atoms with Crippen LogP contribution in [0, 0.1) is 0 Å². The van der Waals surface area contributed by atoms with Gasteiger partial charge in [0.1, 0.15) is 0 Å². The van der Waals surface area contributed by atoms with Crippen LogP contribution in [0.1, 0.15) is 20.7 Å². The average Bonchev–Trinajstić information content (AvgIpc) is 2.85. The molecular weight excluding hydrogens is 388 g/mol. The minimum absolute atomic E-state index is 0.306. The van der Waals surface area contributed by atoms with Gasteiger partial charge in [-0.3, -0.25) is 0 Å². The lowest BCUT2D eigenvalue weighted by atomic mass is 10.0. The van der Waals surface area contributed by atoms with Gasteiger partial charge in [-0.2, -0.15) is 0 Å². The molecule has 154 valence electrons. The van der Waals surface area contributed by atoms with Crippen molar-refractivity contribution in [2.24, 2.45) is 0 Å². The molecule has 0 heterocycles. The van der Waals surface area contributed by atoms with E-state index in [1.54, 1.807) is 24.3 Å². The molecule has 1 N–H and O–H groups in total. The van der Waals surface area contributed by atoms with E-state index in [4.69, 9.17) is 5.11 Å². The van der Waals surface area contributed by atoms with Gasteiger partial charge in [0.15, 0.2) is 0 Å². The number of methoxy groups -OCH3 is 1. The minimum atomic E-state index is -0.894. The molecular formula is C27H22O4. The Morgan fingerprint density at radius 1 is 0.548 bits per heavy atom. The number of carbonyl (C=O) groups is 2. The number of benzene rings is 4. The zero-order chi connectivity index (χ0) is 22.1. The van der Waals surface area contributed by atoms with Crippen molar-refractivity contribution in [1.29, 1.82) is 0 Å². The Morgan fingerprint density at radius 3 is 1.26 bits per heavy atom. The van der Waals surface area contributed by atoms with Crippen LogP contribution in [0.2, 0.25) is 0 Å². The fraction of sp³-hybridized carbons (Fsp3) is 0.0370. The van der Waals surface area contributed by atoms with Gasteiger partial charge < -0.3 is 9.84 Å². The molecule has 31 heavy (non-hydrogen) atoms. The van der Waals surface area contributed by atoms with Gasteiger partial charge in [0.05, 0.1) is 18.2 Å². The zero-order valence-electron chi connectivity index (χ0n) is 17.1. The van der Waals surface area contributed by atoms with Crippen molar-refractivity contribution in [2.45, 2.75) is 0 Å². The fourth-order valence-corrected chi connectivity index (χ4v) is 2.98. The Labute approximate surface area is 181 Å². The molecule has 0 bridgehead atoms. The third-order valence-electron chi connectivity index (χ3n) is 4.65. The Kier molecular flexibility index (Phi) is 7.33. The van der Waals surface area contributed by atoms with E-state index < -0.39 is 5.97 Å². The summed E-state index contributed by atoms with van der Waals surface area (Å²) in [5.74, 6) is -1.20. The highest BCUT2D eigenvalue weighted by atomic mass is 16.5. The van der Waals surface area contributed by atoms with E-state index in [0.29, 0.717) is 11.1 Å². The minimum Gasteiger partial charge on any atom is -0.478 e. The van der Waals surface area contributed by atoms with E-state index in [-0.39, 0.29) is 5.97 Å². The van der Waals surface area contributed by atoms with Gasteiger partial charge >= 0.3 is 11.9 Å². The summed E-state index contributed by atoms with van der Waals surface area (Å²) in [6, 6.07) is 34.1. The lowest BCUT2D eigenvalue weighted by molar-refractivity contribution is 0.0600. The van der Waals surface area contributed by atoms with E-state index in [0.717, 1.165) is 22.3 Å². The molecule has 0 aliphatic rings. The highest BCUT2D eigenvalue weighted by Crippen LogP contribution is 2.20. The predicted molar refractivity (Wildman–Crippen MR) is 122 cm³/mol. The number of hydrogen-bond acceptors (Lipinski definition) is 3. The van der Waals surface area contributed by atoms with Crippen LogP contribution in [0.25, 0.3) is 22.3 Å². The smallest absolute Gasteiger partial charge is 0.337 e. The van der Waals surface area contributed by atoms with Crippen molar-refractivity contribution in [3.8, 4) is 22.3 Å². The monoisotopic (exact) mass is 410 g/mol. The summed E-state index contributed by atoms with van der Waals surface area (Å²) in [6.07, 6.45) is 0. The lowest BCUT2D eigenvalue weighted by Crippen LogP contribution is -2.00. The van der Waals surface area contributed by atoms with Crippen molar-refractivity contribution in [2.75, 3.05) is 7.11 Å². The number of ether oxygens (including phenoxy) is 1. The van der Waals surface area contributed by atoms with Crippen molar-refractivity contribution in [3.05, 3.63) is 120 Å². The number of hydrogen-bond donors (Lipinski definition) is 1. The summed E-state index contributed by atoms with van der Waals surface area (Å²) in [5, 5.41) is 8.75. The van der Waals surface area contributed by atoms with Crippen LogP contribution in [-0.2, 0) is 4.74 Å². The molecule has 0 aliphatic heterocycles. The maximum Gasteiger partial charge on any atom is 0.337 e. The van der Waals surface area contributed by atoms with Crippen LogP contribution >= 0.6 is 0 Å². The van der Waals surface area contributed by atoms with E-state index >= 15 is 0 Å². The van der Waals surface area contributed by atoms with Gasteiger partial charge in [0.25, 0.3) is 0 Å². The molecule has 4 aromatic carbocycles. The molecule has 4 heteroatoms. The second-order valence-electron chi connectivity index (χ2n) is 6.68. The second kappa shape index (κ2) is 10.6. The van der Waals surface area contributed by atoms with Crippen molar-refractivity contribution < 1.29 is 19.4 Å². The summed E-state index contributed by atoms with van der Waals surface area (Å²) in [5.41, 5.74) is 5.24. The molecule has 0 fully saturated rings. The number of carbonyl (C=O) groups excluding carboxylic acids is 1. The normalized spacial score (nSPS) is 9.84. The second-order valence-corrected chi connectivity index (χ2v) is 6.68. The molecule has 0 amide bonds. The zero-order valence-corrected chi connectivity index (χ0v) is 17.1. The standard InChI is InChI=1S/C14H12O2.C13H10O2/c1-16-14(15)13-9-7-12(8-10-13)11-5-3-2-4-6-11;14-13(15)12-8-6-11(7-9-12)10-4-2-1-3-5-10/h2-10H,1H3;1-9H,(H,14,15). The average molecular weight is 410 g/mol. The molecule has 0 aliphatic carbocycles. The number of aromatic carboxylic acids is 1. The van der Waals surface area contributed by atoms with Gasteiger partial charge in [-0.05, 0) is 46.5 Å². The fourth-order valence-electron chi connectivity index (χ4n) is 2.98. The molecule has 4 aromatic rings. The van der Waals surface area contributed by atoms with E-state index in [2.05, 4.69) is 4.74 Å². The van der Waals surface area contributed by atoms with E-state index in [1.165, 1.54) is 7.11 Å². The Balaban J connectivity index is 0.000000176. The topological polar surface area (TPSA) is 63.6 Å². The lowest BCUT2D eigenvalue weighted by Gasteiger charge is -2.02. The highest BCUT2D eigenvalue weighted by Gasteiger charge is 2.05.